The first-order chi connectivity index (χ1) is 8.77. The molecule has 4 nitrogen and oxygen atoms in total. The molecule has 1 aromatic carbocycles. The van der Waals surface area contributed by atoms with E-state index >= 15 is 0 Å². The van der Waals surface area contributed by atoms with E-state index in [4.69, 9.17) is 0 Å². The molecule has 0 aliphatic heterocycles. The van der Waals surface area contributed by atoms with Gasteiger partial charge < -0.3 is 10.6 Å². The zero-order chi connectivity index (χ0) is 12.8. The van der Waals surface area contributed by atoms with E-state index in [9.17, 15) is 9.59 Å². The molecule has 2 amide bonds. The van der Waals surface area contributed by atoms with Gasteiger partial charge in [-0.05, 0) is 25.0 Å². The summed E-state index contributed by atoms with van der Waals surface area (Å²) in [6, 6.07) is 9.06. The molecule has 0 heterocycles. The van der Waals surface area contributed by atoms with Gasteiger partial charge in [-0.1, -0.05) is 24.6 Å². The minimum atomic E-state index is -0.103. The fourth-order valence-electron chi connectivity index (χ4n) is 1.87. The van der Waals surface area contributed by atoms with Gasteiger partial charge in [0.2, 0.25) is 5.91 Å². The molecule has 0 radical (unpaired) electrons. The Morgan fingerprint density at radius 1 is 1.06 bits per heavy atom. The van der Waals surface area contributed by atoms with Crippen molar-refractivity contribution < 1.29 is 9.59 Å². The number of amides is 2. The van der Waals surface area contributed by atoms with E-state index in [0.29, 0.717) is 18.7 Å². The summed E-state index contributed by atoms with van der Waals surface area (Å²) in [6.07, 6.45) is 3.16. The smallest absolute Gasteiger partial charge is 0.251 e. The number of carbonyl (C=O) groups excluding carboxylic acids is 2. The van der Waals surface area contributed by atoms with E-state index in [1.54, 1.807) is 12.1 Å². The monoisotopic (exact) mass is 246 g/mol. The SMILES string of the molecule is O=C(NCCNC(=O)C1CCC1)c1ccccc1. The third-order valence-electron chi connectivity index (χ3n) is 3.22. The van der Waals surface area contributed by atoms with Crippen LogP contribution in [-0.2, 0) is 4.79 Å². The van der Waals surface area contributed by atoms with Crippen molar-refractivity contribution in [2.45, 2.75) is 19.3 Å². The largest absolute Gasteiger partial charge is 0.354 e. The summed E-state index contributed by atoms with van der Waals surface area (Å²) in [5.41, 5.74) is 0.641. The van der Waals surface area contributed by atoms with Gasteiger partial charge >= 0.3 is 0 Å². The highest BCUT2D eigenvalue weighted by molar-refractivity contribution is 5.94. The van der Waals surface area contributed by atoms with E-state index in [1.807, 2.05) is 18.2 Å². The number of hydrogen-bond acceptors (Lipinski definition) is 2. The highest BCUT2D eigenvalue weighted by Crippen LogP contribution is 2.25. The number of nitrogens with one attached hydrogen (secondary N) is 2. The number of carbonyl (C=O) groups is 2. The van der Waals surface area contributed by atoms with Crippen molar-refractivity contribution >= 4 is 11.8 Å². The first-order valence-corrected chi connectivity index (χ1v) is 6.38. The van der Waals surface area contributed by atoms with Crippen LogP contribution in [0.5, 0.6) is 0 Å². The van der Waals surface area contributed by atoms with Crippen LogP contribution >= 0.6 is 0 Å². The molecule has 1 aliphatic carbocycles. The van der Waals surface area contributed by atoms with Gasteiger partial charge in [0.1, 0.15) is 0 Å². The maximum atomic E-state index is 11.7. The average Bonchev–Trinajstić information content (AvgIpc) is 2.33. The third kappa shape index (κ3) is 3.32. The van der Waals surface area contributed by atoms with Gasteiger partial charge in [-0.25, -0.2) is 0 Å². The summed E-state index contributed by atoms with van der Waals surface area (Å²) in [4.78, 5) is 23.2. The van der Waals surface area contributed by atoms with Crippen molar-refractivity contribution in [2.24, 2.45) is 5.92 Å². The highest BCUT2D eigenvalue weighted by Gasteiger charge is 2.24. The quantitative estimate of drug-likeness (QED) is 0.770. The molecule has 18 heavy (non-hydrogen) atoms. The molecule has 2 rings (SSSR count). The molecular weight excluding hydrogens is 228 g/mol. The number of benzene rings is 1. The van der Waals surface area contributed by atoms with Crippen LogP contribution in [0, 0.1) is 5.92 Å². The standard InChI is InChI=1S/C14H18N2O2/c17-13(11-5-2-1-3-6-11)15-9-10-16-14(18)12-7-4-8-12/h1-3,5-6,12H,4,7-10H2,(H,15,17)(H,16,18). The van der Waals surface area contributed by atoms with Crippen LogP contribution in [-0.4, -0.2) is 24.9 Å². The van der Waals surface area contributed by atoms with Crippen molar-refractivity contribution in [3.63, 3.8) is 0 Å². The molecule has 4 heteroatoms. The van der Waals surface area contributed by atoms with Gasteiger partial charge in [0, 0.05) is 24.6 Å². The Labute approximate surface area is 107 Å². The molecule has 1 fully saturated rings. The first kappa shape index (κ1) is 12.6. The topological polar surface area (TPSA) is 58.2 Å². The molecule has 0 spiro atoms. The average molecular weight is 246 g/mol. The van der Waals surface area contributed by atoms with E-state index in [-0.39, 0.29) is 17.7 Å². The normalized spacial score (nSPS) is 14.7. The van der Waals surface area contributed by atoms with Crippen molar-refractivity contribution in [2.75, 3.05) is 13.1 Å². The lowest BCUT2D eigenvalue weighted by molar-refractivity contribution is -0.127. The summed E-state index contributed by atoms with van der Waals surface area (Å²) < 4.78 is 0. The van der Waals surface area contributed by atoms with Crippen molar-refractivity contribution in [3.8, 4) is 0 Å². The Morgan fingerprint density at radius 2 is 1.72 bits per heavy atom. The molecule has 1 aliphatic rings. The van der Waals surface area contributed by atoms with Gasteiger partial charge in [0.15, 0.2) is 0 Å². The summed E-state index contributed by atoms with van der Waals surface area (Å²) in [5.74, 6) is 0.221. The number of hydrogen-bond donors (Lipinski definition) is 2. The maximum absolute atomic E-state index is 11.7. The zero-order valence-electron chi connectivity index (χ0n) is 10.3. The summed E-state index contributed by atoms with van der Waals surface area (Å²) in [5, 5.41) is 5.61. The molecular formula is C14H18N2O2. The molecule has 0 atom stereocenters. The van der Waals surface area contributed by atoms with E-state index < -0.39 is 0 Å². The van der Waals surface area contributed by atoms with Crippen LogP contribution in [0.25, 0.3) is 0 Å². The first-order valence-electron chi connectivity index (χ1n) is 6.38. The minimum Gasteiger partial charge on any atom is -0.354 e. The van der Waals surface area contributed by atoms with E-state index in [2.05, 4.69) is 10.6 Å². The lowest BCUT2D eigenvalue weighted by atomic mass is 9.85. The second-order valence-electron chi connectivity index (χ2n) is 4.54. The van der Waals surface area contributed by atoms with Gasteiger partial charge in [-0.2, -0.15) is 0 Å². The molecule has 1 aromatic rings. The predicted molar refractivity (Wildman–Crippen MR) is 69.1 cm³/mol. The fraction of sp³-hybridized carbons (Fsp3) is 0.429. The Hall–Kier alpha value is -1.84. The predicted octanol–water partition coefficient (Wildman–Crippen LogP) is 1.33. The molecule has 1 saturated carbocycles. The second-order valence-corrected chi connectivity index (χ2v) is 4.54. The Bertz CT molecular complexity index is 413. The van der Waals surface area contributed by atoms with Gasteiger partial charge in [0.25, 0.3) is 5.91 Å². The van der Waals surface area contributed by atoms with Crippen LogP contribution in [0.2, 0.25) is 0 Å². The van der Waals surface area contributed by atoms with E-state index in [1.165, 1.54) is 0 Å². The third-order valence-corrected chi connectivity index (χ3v) is 3.22. The van der Waals surface area contributed by atoms with Crippen LogP contribution < -0.4 is 10.6 Å². The van der Waals surface area contributed by atoms with Crippen LogP contribution in [0.4, 0.5) is 0 Å². The highest BCUT2D eigenvalue weighted by atomic mass is 16.2. The minimum absolute atomic E-state index is 0.103. The summed E-state index contributed by atoms with van der Waals surface area (Å²) in [7, 11) is 0. The molecule has 2 N–H and O–H groups in total. The summed E-state index contributed by atoms with van der Waals surface area (Å²) >= 11 is 0. The molecule has 0 aromatic heterocycles. The van der Waals surface area contributed by atoms with Crippen molar-refractivity contribution in [1.82, 2.24) is 10.6 Å². The molecule has 0 saturated heterocycles. The Balaban J connectivity index is 1.63. The maximum Gasteiger partial charge on any atom is 0.251 e. The Kier molecular flexibility index (Phi) is 4.34. The lowest BCUT2D eigenvalue weighted by Gasteiger charge is -2.24. The number of rotatable bonds is 5. The zero-order valence-corrected chi connectivity index (χ0v) is 10.3. The molecule has 96 valence electrons. The van der Waals surface area contributed by atoms with Crippen LogP contribution in [0.15, 0.2) is 30.3 Å². The van der Waals surface area contributed by atoms with Crippen LogP contribution in [0.1, 0.15) is 29.6 Å². The van der Waals surface area contributed by atoms with E-state index in [0.717, 1.165) is 19.3 Å². The Morgan fingerprint density at radius 3 is 2.33 bits per heavy atom. The van der Waals surface area contributed by atoms with Crippen molar-refractivity contribution in [1.29, 1.82) is 0 Å². The summed E-state index contributed by atoms with van der Waals surface area (Å²) in [6.45, 7) is 0.958. The van der Waals surface area contributed by atoms with Crippen LogP contribution in [0.3, 0.4) is 0 Å². The van der Waals surface area contributed by atoms with Gasteiger partial charge in [-0.15, -0.1) is 0 Å². The lowest BCUT2D eigenvalue weighted by Crippen LogP contribution is -2.39. The second kappa shape index (κ2) is 6.19. The molecule has 0 bridgehead atoms. The van der Waals surface area contributed by atoms with Gasteiger partial charge in [-0.3, -0.25) is 9.59 Å². The molecule has 0 unspecified atom stereocenters. The fourth-order valence-corrected chi connectivity index (χ4v) is 1.87. The van der Waals surface area contributed by atoms with Gasteiger partial charge in [0.05, 0.1) is 0 Å². The van der Waals surface area contributed by atoms with Crippen molar-refractivity contribution in [3.05, 3.63) is 35.9 Å².